The first-order valence-corrected chi connectivity index (χ1v) is 6.78. The maximum Gasteiger partial charge on any atom is 0.0945 e. The highest BCUT2D eigenvalue weighted by Gasteiger charge is 2.09. The van der Waals surface area contributed by atoms with Crippen molar-refractivity contribution in [2.45, 2.75) is 18.4 Å². The van der Waals surface area contributed by atoms with Gasteiger partial charge in [0.05, 0.1) is 17.3 Å². The Hall–Kier alpha value is 0.0300. The van der Waals surface area contributed by atoms with Crippen LogP contribution in [-0.2, 0) is 23.1 Å². The average Bonchev–Trinajstić information content (AvgIpc) is 2.58. The molecular formula is C10H17BrN2OS. The molecule has 0 spiro atoms. The number of alkyl halides is 1. The summed E-state index contributed by atoms with van der Waals surface area (Å²) in [5.74, 6) is 0. The van der Waals surface area contributed by atoms with Crippen LogP contribution in [0, 0.1) is 0 Å². The lowest BCUT2D eigenvalue weighted by Crippen LogP contribution is -2.14. The van der Waals surface area contributed by atoms with E-state index in [1.807, 2.05) is 0 Å². The summed E-state index contributed by atoms with van der Waals surface area (Å²) < 4.78 is 5.12. The summed E-state index contributed by atoms with van der Waals surface area (Å²) in [7, 11) is 5.86. The fraction of sp³-hybridized carbons (Fsp3) is 0.700. The van der Waals surface area contributed by atoms with E-state index in [2.05, 4.69) is 39.9 Å². The Balaban J connectivity index is 2.65. The molecule has 5 heteroatoms. The molecule has 86 valence electrons. The SMILES string of the molecule is COCc1nc(CCN(C)C)sc1CBr. The number of halogens is 1. The van der Waals surface area contributed by atoms with E-state index in [4.69, 9.17) is 4.74 Å². The number of aromatic nitrogens is 1. The van der Waals surface area contributed by atoms with Gasteiger partial charge in [0.25, 0.3) is 0 Å². The van der Waals surface area contributed by atoms with E-state index in [-0.39, 0.29) is 0 Å². The number of hydrogen-bond acceptors (Lipinski definition) is 4. The molecule has 1 aromatic rings. The topological polar surface area (TPSA) is 25.4 Å². The molecule has 0 saturated carbocycles. The van der Waals surface area contributed by atoms with Crippen LogP contribution in [0.4, 0.5) is 0 Å². The molecule has 0 bridgehead atoms. The molecule has 0 radical (unpaired) electrons. The quantitative estimate of drug-likeness (QED) is 0.753. The molecule has 1 heterocycles. The van der Waals surface area contributed by atoms with Gasteiger partial charge in [-0.25, -0.2) is 4.98 Å². The number of likely N-dealkylation sites (N-methyl/N-ethyl adjacent to an activating group) is 1. The zero-order valence-corrected chi connectivity index (χ0v) is 11.8. The standard InChI is InChI=1S/C10H17BrN2OS/c1-13(2)5-4-10-12-8(7-14-3)9(6-11)15-10/h4-7H2,1-3H3. The summed E-state index contributed by atoms with van der Waals surface area (Å²) in [6.45, 7) is 1.65. The molecule has 0 aromatic carbocycles. The van der Waals surface area contributed by atoms with Crippen LogP contribution in [0.15, 0.2) is 0 Å². The van der Waals surface area contributed by atoms with Gasteiger partial charge >= 0.3 is 0 Å². The molecule has 0 saturated heterocycles. The Bertz CT molecular complexity index is 302. The second-order valence-electron chi connectivity index (χ2n) is 3.60. The number of hydrogen-bond donors (Lipinski definition) is 0. The molecule has 0 amide bonds. The maximum absolute atomic E-state index is 5.12. The Labute approximate surface area is 104 Å². The molecule has 0 aliphatic heterocycles. The molecule has 0 N–H and O–H groups in total. The number of rotatable bonds is 6. The van der Waals surface area contributed by atoms with Gasteiger partial charge in [0.15, 0.2) is 0 Å². The monoisotopic (exact) mass is 292 g/mol. The van der Waals surface area contributed by atoms with Crippen LogP contribution in [0.3, 0.4) is 0 Å². The van der Waals surface area contributed by atoms with E-state index >= 15 is 0 Å². The van der Waals surface area contributed by atoms with Crippen molar-refractivity contribution in [3.8, 4) is 0 Å². The Kier molecular flexibility index (Phi) is 5.74. The van der Waals surface area contributed by atoms with E-state index in [9.17, 15) is 0 Å². The van der Waals surface area contributed by atoms with Gasteiger partial charge in [-0.1, -0.05) is 15.9 Å². The van der Waals surface area contributed by atoms with Crippen molar-refractivity contribution in [3.63, 3.8) is 0 Å². The number of nitrogens with zero attached hydrogens (tertiary/aromatic N) is 2. The molecular weight excluding hydrogens is 276 g/mol. The van der Waals surface area contributed by atoms with Crippen molar-refractivity contribution >= 4 is 27.3 Å². The van der Waals surface area contributed by atoms with Crippen LogP contribution in [0.25, 0.3) is 0 Å². The van der Waals surface area contributed by atoms with Gasteiger partial charge in [-0.3, -0.25) is 0 Å². The average molecular weight is 293 g/mol. The summed E-state index contributed by atoms with van der Waals surface area (Å²) in [4.78, 5) is 8.03. The third-order valence-electron chi connectivity index (χ3n) is 2.00. The number of methoxy groups -OCH3 is 1. The molecule has 0 unspecified atom stereocenters. The largest absolute Gasteiger partial charge is 0.378 e. The van der Waals surface area contributed by atoms with E-state index in [1.165, 1.54) is 9.88 Å². The lowest BCUT2D eigenvalue weighted by molar-refractivity contribution is 0.181. The summed E-state index contributed by atoms with van der Waals surface area (Å²) in [6, 6.07) is 0. The Morgan fingerprint density at radius 3 is 2.73 bits per heavy atom. The lowest BCUT2D eigenvalue weighted by atomic mass is 10.4. The highest BCUT2D eigenvalue weighted by atomic mass is 79.9. The third-order valence-corrected chi connectivity index (χ3v) is 4.09. The van der Waals surface area contributed by atoms with Gasteiger partial charge in [-0.15, -0.1) is 11.3 Å². The Morgan fingerprint density at radius 2 is 2.20 bits per heavy atom. The van der Waals surface area contributed by atoms with Gasteiger partial charge in [0, 0.05) is 30.3 Å². The summed E-state index contributed by atoms with van der Waals surface area (Å²) in [5.41, 5.74) is 1.08. The molecule has 1 aromatic heterocycles. The van der Waals surface area contributed by atoms with Crippen LogP contribution >= 0.6 is 27.3 Å². The molecule has 1 rings (SSSR count). The van der Waals surface area contributed by atoms with E-state index in [1.54, 1.807) is 18.4 Å². The van der Waals surface area contributed by atoms with Crippen LogP contribution in [0.1, 0.15) is 15.6 Å². The Morgan fingerprint density at radius 1 is 1.47 bits per heavy atom. The maximum atomic E-state index is 5.12. The van der Waals surface area contributed by atoms with E-state index in [0.717, 1.165) is 24.0 Å². The lowest BCUT2D eigenvalue weighted by Gasteiger charge is -2.06. The minimum atomic E-state index is 0.611. The minimum Gasteiger partial charge on any atom is -0.378 e. The molecule has 0 aliphatic carbocycles. The van der Waals surface area contributed by atoms with Gasteiger partial charge in [0.1, 0.15) is 0 Å². The second kappa shape index (κ2) is 6.58. The fourth-order valence-electron chi connectivity index (χ4n) is 1.22. The first kappa shape index (κ1) is 13.1. The molecule has 0 aliphatic rings. The highest BCUT2D eigenvalue weighted by Crippen LogP contribution is 2.22. The van der Waals surface area contributed by atoms with Crippen molar-refractivity contribution in [2.75, 3.05) is 27.7 Å². The van der Waals surface area contributed by atoms with Crippen molar-refractivity contribution in [1.29, 1.82) is 0 Å². The second-order valence-corrected chi connectivity index (χ2v) is 5.33. The zero-order valence-electron chi connectivity index (χ0n) is 9.42. The highest BCUT2D eigenvalue weighted by molar-refractivity contribution is 9.08. The zero-order chi connectivity index (χ0) is 11.3. The predicted octanol–water partition coefficient (Wildman–Crippen LogP) is 2.29. The van der Waals surface area contributed by atoms with Crippen molar-refractivity contribution < 1.29 is 4.74 Å². The molecule has 0 atom stereocenters. The van der Waals surface area contributed by atoms with Gasteiger partial charge in [-0.05, 0) is 14.1 Å². The fourth-order valence-corrected chi connectivity index (χ4v) is 2.79. The van der Waals surface area contributed by atoms with Crippen molar-refractivity contribution in [2.24, 2.45) is 0 Å². The van der Waals surface area contributed by atoms with Crippen LogP contribution in [0.2, 0.25) is 0 Å². The van der Waals surface area contributed by atoms with Crippen LogP contribution in [0.5, 0.6) is 0 Å². The normalized spacial score (nSPS) is 11.3. The number of thiazole rings is 1. The van der Waals surface area contributed by atoms with Gasteiger partial charge in [0.2, 0.25) is 0 Å². The summed E-state index contributed by atoms with van der Waals surface area (Å²) >= 11 is 5.25. The van der Waals surface area contributed by atoms with Crippen LogP contribution in [-0.4, -0.2) is 37.6 Å². The molecule has 15 heavy (non-hydrogen) atoms. The predicted molar refractivity (Wildman–Crippen MR) is 67.7 cm³/mol. The first-order valence-electron chi connectivity index (χ1n) is 4.84. The van der Waals surface area contributed by atoms with Crippen molar-refractivity contribution in [3.05, 3.63) is 15.6 Å². The number of ether oxygens (including phenoxy) is 1. The molecule has 3 nitrogen and oxygen atoms in total. The molecule has 0 fully saturated rings. The van der Waals surface area contributed by atoms with Gasteiger partial charge in [-0.2, -0.15) is 0 Å². The van der Waals surface area contributed by atoms with Gasteiger partial charge < -0.3 is 9.64 Å². The summed E-state index contributed by atoms with van der Waals surface area (Å²) in [5, 5.41) is 2.07. The van der Waals surface area contributed by atoms with E-state index in [0.29, 0.717) is 6.61 Å². The van der Waals surface area contributed by atoms with Crippen LogP contribution < -0.4 is 0 Å². The minimum absolute atomic E-state index is 0.611. The third kappa shape index (κ3) is 4.18. The first-order chi connectivity index (χ1) is 7.17. The van der Waals surface area contributed by atoms with E-state index < -0.39 is 0 Å². The van der Waals surface area contributed by atoms with Crippen molar-refractivity contribution in [1.82, 2.24) is 9.88 Å². The summed E-state index contributed by atoms with van der Waals surface area (Å²) in [6.07, 6.45) is 1.02. The smallest absolute Gasteiger partial charge is 0.0945 e.